The van der Waals surface area contributed by atoms with Crippen LogP contribution in [0.3, 0.4) is 0 Å². The van der Waals surface area contributed by atoms with Crippen molar-refractivity contribution in [3.63, 3.8) is 0 Å². The van der Waals surface area contributed by atoms with E-state index in [4.69, 9.17) is 0 Å². The van der Waals surface area contributed by atoms with Gasteiger partial charge in [-0.3, -0.25) is 9.59 Å². The number of benzene rings is 4. The standard InChI is InChI=1S/C32H31N3O2/c1-24-7-5-6-10-28(24)23-31(36)35-21-19-34(20-22-35)30-17-15-29(16-18-30)33-32(37)27-13-11-26(12-14-27)25-8-3-2-4-9-25/h2-18H,19-23H2,1H3,(H,33,37). The quantitative estimate of drug-likeness (QED) is 0.372. The molecule has 0 unspecified atom stereocenters. The fourth-order valence-electron chi connectivity index (χ4n) is 4.70. The van der Waals surface area contributed by atoms with Gasteiger partial charge >= 0.3 is 0 Å². The third-order valence-corrected chi connectivity index (χ3v) is 6.98. The van der Waals surface area contributed by atoms with E-state index < -0.39 is 0 Å². The molecule has 0 atom stereocenters. The lowest BCUT2D eigenvalue weighted by atomic mass is 10.0. The van der Waals surface area contributed by atoms with E-state index in [0.717, 1.165) is 46.7 Å². The van der Waals surface area contributed by atoms with Crippen LogP contribution in [0.5, 0.6) is 0 Å². The van der Waals surface area contributed by atoms with Gasteiger partial charge in [-0.25, -0.2) is 0 Å². The minimum absolute atomic E-state index is 0.131. The number of carbonyl (C=O) groups excluding carboxylic acids is 2. The molecular formula is C32H31N3O2. The number of amides is 2. The summed E-state index contributed by atoms with van der Waals surface area (Å²) in [4.78, 5) is 29.8. The van der Waals surface area contributed by atoms with Crippen molar-refractivity contribution >= 4 is 23.2 Å². The maximum Gasteiger partial charge on any atom is 0.255 e. The Kier molecular flexibility index (Phi) is 7.31. The summed E-state index contributed by atoms with van der Waals surface area (Å²) < 4.78 is 0. The van der Waals surface area contributed by atoms with Gasteiger partial charge < -0.3 is 15.1 Å². The SMILES string of the molecule is Cc1ccccc1CC(=O)N1CCN(c2ccc(NC(=O)c3ccc(-c4ccccc4)cc3)cc2)CC1. The van der Waals surface area contributed by atoms with Crippen molar-refractivity contribution in [3.8, 4) is 11.1 Å². The summed E-state index contributed by atoms with van der Waals surface area (Å²) in [6.45, 7) is 5.05. The molecule has 4 aromatic rings. The number of aryl methyl sites for hydroxylation is 1. The number of rotatable bonds is 6. The van der Waals surface area contributed by atoms with Crippen LogP contribution in [0, 0.1) is 6.92 Å². The third-order valence-electron chi connectivity index (χ3n) is 6.98. The smallest absolute Gasteiger partial charge is 0.255 e. The van der Waals surface area contributed by atoms with Gasteiger partial charge in [0.1, 0.15) is 0 Å². The third kappa shape index (κ3) is 5.89. The number of hydrogen-bond donors (Lipinski definition) is 1. The Hall–Kier alpha value is -4.38. The predicted molar refractivity (Wildman–Crippen MR) is 150 cm³/mol. The van der Waals surface area contributed by atoms with Gasteiger partial charge in [0, 0.05) is 43.1 Å². The molecule has 5 heteroatoms. The van der Waals surface area contributed by atoms with Gasteiger partial charge in [0.25, 0.3) is 5.91 Å². The first-order chi connectivity index (χ1) is 18.1. The Morgan fingerprint density at radius 3 is 2.00 bits per heavy atom. The summed E-state index contributed by atoms with van der Waals surface area (Å²) in [5, 5.41) is 2.99. The minimum atomic E-state index is -0.131. The number of carbonyl (C=O) groups is 2. The number of piperazine rings is 1. The van der Waals surface area contributed by atoms with Gasteiger partial charge in [0.2, 0.25) is 5.91 Å². The topological polar surface area (TPSA) is 52.7 Å². The summed E-state index contributed by atoms with van der Waals surface area (Å²) in [5.74, 6) is 0.0527. The number of anilines is 2. The summed E-state index contributed by atoms with van der Waals surface area (Å²) in [6.07, 6.45) is 0.454. The van der Waals surface area contributed by atoms with Crippen LogP contribution in [0.25, 0.3) is 11.1 Å². The molecule has 1 heterocycles. The predicted octanol–water partition coefficient (Wildman–Crippen LogP) is 5.81. The molecule has 186 valence electrons. The molecule has 37 heavy (non-hydrogen) atoms. The van der Waals surface area contributed by atoms with E-state index in [1.165, 1.54) is 0 Å². The van der Waals surface area contributed by atoms with E-state index in [0.29, 0.717) is 25.1 Å². The van der Waals surface area contributed by atoms with E-state index in [2.05, 4.69) is 22.3 Å². The molecule has 0 bridgehead atoms. The molecule has 0 aromatic heterocycles. The van der Waals surface area contributed by atoms with E-state index in [9.17, 15) is 9.59 Å². The second-order valence-electron chi connectivity index (χ2n) is 9.42. The highest BCUT2D eigenvalue weighted by molar-refractivity contribution is 6.04. The van der Waals surface area contributed by atoms with Crippen molar-refractivity contribution in [2.75, 3.05) is 36.4 Å². The average molecular weight is 490 g/mol. The van der Waals surface area contributed by atoms with Crippen LogP contribution in [0.15, 0.2) is 103 Å². The summed E-state index contributed by atoms with van der Waals surface area (Å²) in [7, 11) is 0. The Bertz CT molecular complexity index is 1360. The van der Waals surface area contributed by atoms with Crippen LogP contribution >= 0.6 is 0 Å². The first-order valence-electron chi connectivity index (χ1n) is 12.7. The molecule has 1 fully saturated rings. The normalized spacial score (nSPS) is 13.3. The van der Waals surface area contributed by atoms with E-state index in [-0.39, 0.29) is 11.8 Å². The molecule has 0 radical (unpaired) electrons. The van der Waals surface area contributed by atoms with Gasteiger partial charge in [0.15, 0.2) is 0 Å². The largest absolute Gasteiger partial charge is 0.368 e. The summed E-state index contributed by atoms with van der Waals surface area (Å²) in [6, 6.07) is 33.7. The van der Waals surface area contributed by atoms with Gasteiger partial charge in [-0.1, -0.05) is 66.7 Å². The molecule has 4 aromatic carbocycles. The van der Waals surface area contributed by atoms with Crippen molar-refractivity contribution in [3.05, 3.63) is 120 Å². The van der Waals surface area contributed by atoms with Crippen LogP contribution in [-0.4, -0.2) is 42.9 Å². The number of hydrogen-bond acceptors (Lipinski definition) is 3. The lowest BCUT2D eigenvalue weighted by Crippen LogP contribution is -2.49. The molecule has 1 saturated heterocycles. The average Bonchev–Trinajstić information content (AvgIpc) is 2.95. The fourth-order valence-corrected chi connectivity index (χ4v) is 4.70. The van der Waals surface area contributed by atoms with E-state index >= 15 is 0 Å². The zero-order valence-electron chi connectivity index (χ0n) is 21.1. The maximum absolute atomic E-state index is 12.8. The van der Waals surface area contributed by atoms with Gasteiger partial charge in [-0.2, -0.15) is 0 Å². The zero-order chi connectivity index (χ0) is 25.6. The Morgan fingerprint density at radius 1 is 0.703 bits per heavy atom. The highest BCUT2D eigenvalue weighted by atomic mass is 16.2. The molecule has 1 aliphatic heterocycles. The highest BCUT2D eigenvalue weighted by Crippen LogP contribution is 2.22. The fraction of sp³-hybridized carbons (Fsp3) is 0.188. The molecule has 5 rings (SSSR count). The van der Waals surface area contributed by atoms with E-state index in [1.54, 1.807) is 0 Å². The van der Waals surface area contributed by atoms with Crippen molar-refractivity contribution < 1.29 is 9.59 Å². The van der Waals surface area contributed by atoms with Gasteiger partial charge in [-0.15, -0.1) is 0 Å². The Balaban J connectivity index is 1.13. The maximum atomic E-state index is 12.8. The first kappa shape index (κ1) is 24.3. The lowest BCUT2D eigenvalue weighted by Gasteiger charge is -2.36. The van der Waals surface area contributed by atoms with Gasteiger partial charge in [-0.05, 0) is 65.6 Å². The molecule has 0 spiro atoms. The molecule has 2 amide bonds. The number of nitrogens with zero attached hydrogens (tertiary/aromatic N) is 2. The number of nitrogens with one attached hydrogen (secondary N) is 1. The second-order valence-corrected chi connectivity index (χ2v) is 9.42. The Labute approximate surface area is 218 Å². The minimum Gasteiger partial charge on any atom is -0.368 e. The molecule has 0 aliphatic carbocycles. The van der Waals surface area contributed by atoms with Crippen LogP contribution in [0.1, 0.15) is 21.5 Å². The monoisotopic (exact) mass is 489 g/mol. The zero-order valence-corrected chi connectivity index (χ0v) is 21.1. The Morgan fingerprint density at radius 2 is 1.32 bits per heavy atom. The molecular weight excluding hydrogens is 458 g/mol. The van der Waals surface area contributed by atoms with Crippen LogP contribution in [-0.2, 0) is 11.2 Å². The molecule has 1 N–H and O–H groups in total. The van der Waals surface area contributed by atoms with E-state index in [1.807, 2.05) is 103 Å². The first-order valence-corrected chi connectivity index (χ1v) is 12.7. The second kappa shape index (κ2) is 11.1. The lowest BCUT2D eigenvalue weighted by molar-refractivity contribution is -0.130. The van der Waals surface area contributed by atoms with Gasteiger partial charge in [0.05, 0.1) is 6.42 Å². The van der Waals surface area contributed by atoms with Crippen LogP contribution < -0.4 is 10.2 Å². The highest BCUT2D eigenvalue weighted by Gasteiger charge is 2.22. The molecule has 0 saturated carbocycles. The van der Waals surface area contributed by atoms with Crippen molar-refractivity contribution in [1.29, 1.82) is 0 Å². The van der Waals surface area contributed by atoms with Crippen LogP contribution in [0.4, 0.5) is 11.4 Å². The summed E-state index contributed by atoms with van der Waals surface area (Å²) >= 11 is 0. The van der Waals surface area contributed by atoms with Crippen molar-refractivity contribution in [2.45, 2.75) is 13.3 Å². The summed E-state index contributed by atoms with van der Waals surface area (Å²) in [5.41, 5.74) is 6.94. The van der Waals surface area contributed by atoms with Crippen LogP contribution in [0.2, 0.25) is 0 Å². The van der Waals surface area contributed by atoms with Crippen molar-refractivity contribution in [1.82, 2.24) is 4.90 Å². The van der Waals surface area contributed by atoms with Crippen molar-refractivity contribution in [2.24, 2.45) is 0 Å². The molecule has 5 nitrogen and oxygen atoms in total. The molecule has 1 aliphatic rings.